The van der Waals surface area contributed by atoms with Crippen molar-refractivity contribution in [3.63, 3.8) is 0 Å². The molecule has 1 aromatic heterocycles. The van der Waals surface area contributed by atoms with Crippen LogP contribution < -0.4 is 5.32 Å². The van der Waals surface area contributed by atoms with Crippen molar-refractivity contribution >= 4 is 22.9 Å². The molecule has 38 heavy (non-hydrogen) atoms. The molecule has 0 radical (unpaired) electrons. The summed E-state index contributed by atoms with van der Waals surface area (Å²) < 4.78 is 12.5. The number of hydrogen-bond donors (Lipinski definition) is 1. The number of fused-ring (bicyclic) bond motifs is 2. The maximum Gasteiger partial charge on any atom is 0.419 e. The van der Waals surface area contributed by atoms with Crippen molar-refractivity contribution in [2.24, 2.45) is 0 Å². The molecule has 3 aromatic rings. The van der Waals surface area contributed by atoms with Gasteiger partial charge in [-0.2, -0.15) is 0 Å². The number of amides is 1. The molecule has 198 valence electrons. The van der Waals surface area contributed by atoms with Crippen LogP contribution in [0.3, 0.4) is 0 Å². The minimum atomic E-state index is -0.667. The van der Waals surface area contributed by atoms with E-state index in [0.29, 0.717) is 30.0 Å². The van der Waals surface area contributed by atoms with Crippen molar-refractivity contribution in [3.05, 3.63) is 58.7 Å². The van der Waals surface area contributed by atoms with Crippen LogP contribution >= 0.6 is 0 Å². The van der Waals surface area contributed by atoms with Gasteiger partial charge in [0.15, 0.2) is 0 Å². The second-order valence-electron chi connectivity index (χ2n) is 11.0. The van der Waals surface area contributed by atoms with Crippen molar-refractivity contribution in [2.45, 2.75) is 58.7 Å². The molecule has 0 atom stereocenters. The van der Waals surface area contributed by atoms with Crippen molar-refractivity contribution in [2.75, 3.05) is 26.8 Å². The Hall–Kier alpha value is -3.60. The summed E-state index contributed by atoms with van der Waals surface area (Å²) in [5, 5.41) is 3.87. The number of benzene rings is 2. The van der Waals surface area contributed by atoms with Crippen molar-refractivity contribution in [1.29, 1.82) is 0 Å². The van der Waals surface area contributed by atoms with E-state index in [1.807, 2.05) is 45.0 Å². The molecule has 1 N–H and O–H groups in total. The Morgan fingerprint density at radius 2 is 1.87 bits per heavy atom. The fourth-order valence-corrected chi connectivity index (χ4v) is 5.32. The Morgan fingerprint density at radius 1 is 1.08 bits per heavy atom. The maximum atomic E-state index is 13.6. The van der Waals surface area contributed by atoms with Crippen LogP contribution in [-0.2, 0) is 22.6 Å². The van der Waals surface area contributed by atoms with E-state index >= 15 is 0 Å². The molecular formula is C31H35N3O4. The van der Waals surface area contributed by atoms with Gasteiger partial charge in [-0.1, -0.05) is 30.4 Å². The molecule has 1 amide bonds. The molecule has 2 aromatic carbocycles. The zero-order valence-corrected chi connectivity index (χ0v) is 22.6. The molecule has 7 nitrogen and oxygen atoms in total. The third-order valence-corrected chi connectivity index (χ3v) is 6.98. The molecule has 7 heteroatoms. The molecule has 0 unspecified atom stereocenters. The van der Waals surface area contributed by atoms with Crippen LogP contribution in [0.25, 0.3) is 22.2 Å². The molecule has 2 aliphatic heterocycles. The third kappa shape index (κ3) is 5.33. The first-order chi connectivity index (χ1) is 18.2. The maximum absolute atomic E-state index is 13.6. The molecule has 2 aliphatic rings. The number of methoxy groups -OCH3 is 1. The molecule has 1 saturated heterocycles. The van der Waals surface area contributed by atoms with Gasteiger partial charge in [-0.3, -0.25) is 9.69 Å². The van der Waals surface area contributed by atoms with Gasteiger partial charge < -0.3 is 14.8 Å². The molecule has 3 heterocycles. The van der Waals surface area contributed by atoms with Gasteiger partial charge in [-0.15, -0.1) is 0 Å². The smallest absolute Gasteiger partial charge is 0.419 e. The normalized spacial score (nSPS) is 15.6. The molecule has 5 rings (SSSR count). The SMILES string of the molecule is COCC#Cc1ccc(-c2cc3cc(CN4CCCCC4)ccc3n2C(=O)OC(C)(C)C)c2c1CNC2=O. The highest BCUT2D eigenvalue weighted by Gasteiger charge is 2.30. The van der Waals surface area contributed by atoms with Gasteiger partial charge >= 0.3 is 6.09 Å². The summed E-state index contributed by atoms with van der Waals surface area (Å²) in [6.45, 7) is 9.38. The van der Waals surface area contributed by atoms with E-state index in [9.17, 15) is 9.59 Å². The fraction of sp³-hybridized carbons (Fsp3) is 0.419. The number of ether oxygens (including phenoxy) is 2. The lowest BCUT2D eigenvalue weighted by Crippen LogP contribution is -2.29. The van der Waals surface area contributed by atoms with Crippen LogP contribution in [-0.4, -0.2) is 53.9 Å². The van der Waals surface area contributed by atoms with Crippen LogP contribution in [0.15, 0.2) is 36.4 Å². The second kappa shape index (κ2) is 10.6. The van der Waals surface area contributed by atoms with E-state index in [0.717, 1.165) is 41.7 Å². The van der Waals surface area contributed by atoms with Gasteiger partial charge in [-0.25, -0.2) is 9.36 Å². The van der Waals surface area contributed by atoms with Gasteiger partial charge in [0.1, 0.15) is 12.2 Å². The molecular weight excluding hydrogens is 478 g/mol. The lowest BCUT2D eigenvalue weighted by atomic mass is 9.96. The number of carbonyl (C=O) groups is 2. The highest BCUT2D eigenvalue weighted by Crippen LogP contribution is 2.36. The molecule has 1 fully saturated rings. The van der Waals surface area contributed by atoms with E-state index in [4.69, 9.17) is 9.47 Å². The minimum absolute atomic E-state index is 0.169. The Bertz CT molecular complexity index is 1450. The Balaban J connectivity index is 1.64. The first kappa shape index (κ1) is 26.0. The van der Waals surface area contributed by atoms with E-state index in [1.165, 1.54) is 24.8 Å². The Labute approximate surface area is 224 Å². The van der Waals surface area contributed by atoms with Gasteiger partial charge in [0.05, 0.1) is 16.8 Å². The highest BCUT2D eigenvalue weighted by molar-refractivity contribution is 6.07. The number of rotatable bonds is 4. The fourth-order valence-electron chi connectivity index (χ4n) is 5.32. The molecule has 0 bridgehead atoms. The number of carbonyl (C=O) groups excluding carboxylic acids is 2. The monoisotopic (exact) mass is 513 g/mol. The van der Waals surface area contributed by atoms with Crippen LogP contribution in [0.5, 0.6) is 0 Å². The van der Waals surface area contributed by atoms with Crippen LogP contribution in [0.4, 0.5) is 4.79 Å². The quantitative estimate of drug-likeness (QED) is 0.478. The number of aromatic nitrogens is 1. The lowest BCUT2D eigenvalue weighted by Gasteiger charge is -2.26. The Morgan fingerprint density at radius 3 is 2.61 bits per heavy atom. The highest BCUT2D eigenvalue weighted by atomic mass is 16.6. The number of nitrogens with zero attached hydrogens (tertiary/aromatic N) is 2. The first-order valence-corrected chi connectivity index (χ1v) is 13.3. The number of nitrogens with one attached hydrogen (secondary N) is 1. The largest absolute Gasteiger partial charge is 0.443 e. The van der Waals surface area contributed by atoms with E-state index < -0.39 is 11.7 Å². The number of hydrogen-bond acceptors (Lipinski definition) is 5. The van der Waals surface area contributed by atoms with Crippen molar-refractivity contribution < 1.29 is 19.1 Å². The Kier molecular flexibility index (Phi) is 7.29. The second-order valence-corrected chi connectivity index (χ2v) is 11.0. The van der Waals surface area contributed by atoms with Crippen molar-refractivity contribution in [1.82, 2.24) is 14.8 Å². The molecule has 0 aliphatic carbocycles. The van der Waals surface area contributed by atoms with Crippen LogP contribution in [0.2, 0.25) is 0 Å². The average molecular weight is 514 g/mol. The van der Waals surface area contributed by atoms with Gasteiger partial charge in [0.25, 0.3) is 5.91 Å². The topological polar surface area (TPSA) is 72.8 Å². The third-order valence-electron chi connectivity index (χ3n) is 6.98. The molecule has 0 saturated carbocycles. The summed E-state index contributed by atoms with van der Waals surface area (Å²) in [5.41, 5.74) is 4.79. The van der Waals surface area contributed by atoms with Crippen LogP contribution in [0, 0.1) is 11.8 Å². The summed E-state index contributed by atoms with van der Waals surface area (Å²) in [6.07, 6.45) is 3.30. The number of likely N-dealkylation sites (tertiary alicyclic amines) is 1. The standard InChI is InChI=1S/C31H35N3O4/c1-31(2,3)38-30(36)34-26-13-10-21(20-33-14-6-5-7-15-33)17-23(26)18-27(34)24-12-11-22(9-8-16-37-4)25-19-32-29(35)28(24)25/h10-13,17-18H,5-7,14-16,19-20H2,1-4H3,(H,32,35). The van der Waals surface area contributed by atoms with Gasteiger partial charge in [0.2, 0.25) is 0 Å². The van der Waals surface area contributed by atoms with Gasteiger partial charge in [-0.05, 0) is 76.5 Å². The van der Waals surface area contributed by atoms with Crippen LogP contribution in [0.1, 0.15) is 67.1 Å². The van der Waals surface area contributed by atoms with E-state index in [1.54, 1.807) is 11.7 Å². The summed E-state index contributed by atoms with van der Waals surface area (Å²) in [6, 6.07) is 12.0. The molecule has 0 spiro atoms. The van der Waals surface area contributed by atoms with Crippen molar-refractivity contribution in [3.8, 4) is 23.1 Å². The first-order valence-electron chi connectivity index (χ1n) is 13.3. The summed E-state index contributed by atoms with van der Waals surface area (Å²) in [7, 11) is 1.60. The zero-order valence-electron chi connectivity index (χ0n) is 22.6. The average Bonchev–Trinajstić information content (AvgIpc) is 3.45. The number of piperidine rings is 1. The van der Waals surface area contributed by atoms with Gasteiger partial charge in [0, 0.05) is 42.3 Å². The van der Waals surface area contributed by atoms with E-state index in [-0.39, 0.29) is 5.91 Å². The summed E-state index contributed by atoms with van der Waals surface area (Å²) in [5.74, 6) is 5.92. The zero-order chi connectivity index (χ0) is 26.9. The summed E-state index contributed by atoms with van der Waals surface area (Å²) >= 11 is 0. The summed E-state index contributed by atoms with van der Waals surface area (Å²) in [4.78, 5) is 29.1. The predicted molar refractivity (Wildman–Crippen MR) is 148 cm³/mol. The predicted octanol–water partition coefficient (Wildman–Crippen LogP) is 5.32. The van der Waals surface area contributed by atoms with E-state index in [2.05, 4.69) is 34.2 Å². The minimum Gasteiger partial charge on any atom is -0.443 e. The lowest BCUT2D eigenvalue weighted by molar-refractivity contribution is 0.0547.